The molecule has 17 heavy (non-hydrogen) atoms. The number of hydrogen-bond donors (Lipinski definition) is 2. The molecule has 1 unspecified atom stereocenters. The third-order valence-electron chi connectivity index (χ3n) is 3.45. The molecular formula is C14H19NO2. The molecular weight excluding hydrogens is 214 g/mol. The first-order chi connectivity index (χ1) is 8.08. The van der Waals surface area contributed by atoms with Gasteiger partial charge in [-0.15, -0.1) is 0 Å². The van der Waals surface area contributed by atoms with E-state index in [1.807, 2.05) is 19.1 Å². The summed E-state index contributed by atoms with van der Waals surface area (Å²) >= 11 is 0. The Balaban J connectivity index is 2.06. The van der Waals surface area contributed by atoms with E-state index in [0.29, 0.717) is 11.5 Å². The fraction of sp³-hybridized carbons (Fsp3) is 0.500. The molecule has 0 radical (unpaired) electrons. The molecule has 0 saturated heterocycles. The second kappa shape index (κ2) is 4.78. The zero-order valence-corrected chi connectivity index (χ0v) is 10.4. The van der Waals surface area contributed by atoms with E-state index in [0.717, 1.165) is 23.7 Å². The number of rotatable bonds is 5. The molecule has 3 nitrogen and oxygen atoms in total. The minimum absolute atomic E-state index is 0.369. The Morgan fingerprint density at radius 3 is 2.82 bits per heavy atom. The number of benzene rings is 1. The Hall–Kier alpha value is -1.51. The lowest BCUT2D eigenvalue weighted by Crippen LogP contribution is -2.15. The molecule has 0 aromatic heterocycles. The van der Waals surface area contributed by atoms with Crippen molar-refractivity contribution in [1.82, 2.24) is 0 Å². The minimum atomic E-state index is -0.865. The second-order valence-electron chi connectivity index (χ2n) is 5.05. The predicted molar refractivity (Wildman–Crippen MR) is 68.5 cm³/mol. The van der Waals surface area contributed by atoms with Crippen LogP contribution in [0.1, 0.15) is 35.7 Å². The molecule has 0 aliphatic heterocycles. The van der Waals surface area contributed by atoms with E-state index in [4.69, 9.17) is 5.11 Å². The maximum absolute atomic E-state index is 11.1. The molecule has 1 atom stereocenters. The van der Waals surface area contributed by atoms with Crippen molar-refractivity contribution in [3.63, 3.8) is 0 Å². The summed E-state index contributed by atoms with van der Waals surface area (Å²) in [4.78, 5) is 11.1. The van der Waals surface area contributed by atoms with Crippen molar-refractivity contribution in [2.45, 2.75) is 26.7 Å². The first-order valence-electron chi connectivity index (χ1n) is 6.15. The lowest BCUT2D eigenvalue weighted by molar-refractivity contribution is 0.0698. The molecule has 92 valence electrons. The fourth-order valence-electron chi connectivity index (χ4n) is 2.09. The summed E-state index contributed by atoms with van der Waals surface area (Å²) in [6.07, 6.45) is 2.64. The summed E-state index contributed by atoms with van der Waals surface area (Å²) in [7, 11) is 0. The SMILES string of the molecule is Cc1ccc(NCC(C)C2CC2)c(C(=O)O)c1. The van der Waals surface area contributed by atoms with Crippen molar-refractivity contribution in [3.05, 3.63) is 29.3 Å². The standard InChI is InChI=1S/C14H19NO2/c1-9-3-6-13(12(7-9)14(16)17)15-8-10(2)11-4-5-11/h3,6-7,10-11,15H,4-5,8H2,1-2H3,(H,16,17). The lowest BCUT2D eigenvalue weighted by Gasteiger charge is -2.14. The van der Waals surface area contributed by atoms with E-state index in [2.05, 4.69) is 12.2 Å². The summed E-state index contributed by atoms with van der Waals surface area (Å²) < 4.78 is 0. The predicted octanol–water partition coefficient (Wildman–Crippen LogP) is 3.15. The fourth-order valence-corrected chi connectivity index (χ4v) is 2.09. The summed E-state index contributed by atoms with van der Waals surface area (Å²) in [6.45, 7) is 4.98. The highest BCUT2D eigenvalue weighted by Gasteiger charge is 2.27. The average molecular weight is 233 g/mol. The van der Waals surface area contributed by atoms with Gasteiger partial charge in [0, 0.05) is 12.2 Å². The molecule has 2 N–H and O–H groups in total. The van der Waals surface area contributed by atoms with Gasteiger partial charge in [-0.3, -0.25) is 0 Å². The Bertz CT molecular complexity index is 424. The van der Waals surface area contributed by atoms with Gasteiger partial charge in [0.2, 0.25) is 0 Å². The van der Waals surface area contributed by atoms with Gasteiger partial charge in [-0.2, -0.15) is 0 Å². The maximum atomic E-state index is 11.1. The van der Waals surface area contributed by atoms with Crippen LogP contribution in [0.5, 0.6) is 0 Å². The van der Waals surface area contributed by atoms with Gasteiger partial charge in [0.05, 0.1) is 5.56 Å². The molecule has 1 aliphatic carbocycles. The van der Waals surface area contributed by atoms with Gasteiger partial charge < -0.3 is 10.4 Å². The maximum Gasteiger partial charge on any atom is 0.337 e. The molecule has 0 bridgehead atoms. The van der Waals surface area contributed by atoms with Crippen LogP contribution in [0.3, 0.4) is 0 Å². The summed E-state index contributed by atoms with van der Waals surface area (Å²) in [6, 6.07) is 5.52. The van der Waals surface area contributed by atoms with E-state index >= 15 is 0 Å². The van der Waals surface area contributed by atoms with Crippen LogP contribution in [0.25, 0.3) is 0 Å². The molecule has 1 saturated carbocycles. The van der Waals surface area contributed by atoms with Crippen LogP contribution < -0.4 is 5.32 Å². The molecule has 0 amide bonds. The molecule has 1 aromatic rings. The first-order valence-corrected chi connectivity index (χ1v) is 6.15. The number of anilines is 1. The highest BCUT2D eigenvalue weighted by atomic mass is 16.4. The summed E-state index contributed by atoms with van der Waals surface area (Å²) in [5.74, 6) is 0.592. The van der Waals surface area contributed by atoms with Crippen LogP contribution in [0.4, 0.5) is 5.69 Å². The third-order valence-corrected chi connectivity index (χ3v) is 3.45. The van der Waals surface area contributed by atoms with Gasteiger partial charge >= 0.3 is 5.97 Å². The van der Waals surface area contributed by atoms with Crippen molar-refractivity contribution in [1.29, 1.82) is 0 Å². The highest BCUT2D eigenvalue weighted by molar-refractivity contribution is 5.94. The third kappa shape index (κ3) is 2.99. The largest absolute Gasteiger partial charge is 0.478 e. The number of hydrogen-bond acceptors (Lipinski definition) is 2. The Labute approximate surface area is 102 Å². The highest BCUT2D eigenvalue weighted by Crippen LogP contribution is 2.36. The van der Waals surface area contributed by atoms with E-state index in [-0.39, 0.29) is 0 Å². The molecule has 1 aromatic carbocycles. The molecule has 1 aliphatic rings. The molecule has 1 fully saturated rings. The van der Waals surface area contributed by atoms with Gasteiger partial charge in [-0.05, 0) is 43.7 Å². The van der Waals surface area contributed by atoms with Crippen LogP contribution in [0.2, 0.25) is 0 Å². The van der Waals surface area contributed by atoms with Crippen molar-refractivity contribution >= 4 is 11.7 Å². The topological polar surface area (TPSA) is 49.3 Å². The van der Waals surface area contributed by atoms with Crippen LogP contribution >= 0.6 is 0 Å². The smallest absolute Gasteiger partial charge is 0.337 e. The van der Waals surface area contributed by atoms with Gasteiger partial charge in [-0.1, -0.05) is 18.6 Å². The lowest BCUT2D eigenvalue weighted by atomic mass is 10.1. The number of aryl methyl sites for hydroxylation is 1. The van der Waals surface area contributed by atoms with Crippen molar-refractivity contribution in [2.24, 2.45) is 11.8 Å². The van der Waals surface area contributed by atoms with Crippen LogP contribution in [-0.4, -0.2) is 17.6 Å². The average Bonchev–Trinajstić information content (AvgIpc) is 3.10. The first kappa shape index (κ1) is 12.0. The minimum Gasteiger partial charge on any atom is -0.478 e. The number of carbonyl (C=O) groups is 1. The normalized spacial score (nSPS) is 16.6. The molecule has 0 spiro atoms. The number of carboxylic acids is 1. The van der Waals surface area contributed by atoms with Gasteiger partial charge in [0.15, 0.2) is 0 Å². The van der Waals surface area contributed by atoms with E-state index in [1.54, 1.807) is 6.07 Å². The Morgan fingerprint density at radius 1 is 1.53 bits per heavy atom. The van der Waals surface area contributed by atoms with Gasteiger partial charge in [0.25, 0.3) is 0 Å². The van der Waals surface area contributed by atoms with Crippen molar-refractivity contribution < 1.29 is 9.90 Å². The molecule has 0 heterocycles. The Morgan fingerprint density at radius 2 is 2.24 bits per heavy atom. The number of nitrogens with one attached hydrogen (secondary N) is 1. The van der Waals surface area contributed by atoms with Gasteiger partial charge in [0.1, 0.15) is 0 Å². The van der Waals surface area contributed by atoms with E-state index in [1.165, 1.54) is 12.8 Å². The molecule has 3 heteroatoms. The quantitative estimate of drug-likeness (QED) is 0.821. The summed E-state index contributed by atoms with van der Waals surface area (Å²) in [5, 5.41) is 12.4. The van der Waals surface area contributed by atoms with Crippen molar-refractivity contribution in [2.75, 3.05) is 11.9 Å². The van der Waals surface area contributed by atoms with Crippen LogP contribution in [0, 0.1) is 18.8 Å². The zero-order valence-electron chi connectivity index (χ0n) is 10.4. The monoisotopic (exact) mass is 233 g/mol. The van der Waals surface area contributed by atoms with Crippen molar-refractivity contribution in [3.8, 4) is 0 Å². The van der Waals surface area contributed by atoms with Crippen LogP contribution in [0.15, 0.2) is 18.2 Å². The van der Waals surface area contributed by atoms with E-state index in [9.17, 15) is 4.79 Å². The van der Waals surface area contributed by atoms with E-state index < -0.39 is 5.97 Å². The van der Waals surface area contributed by atoms with Gasteiger partial charge in [-0.25, -0.2) is 4.79 Å². The zero-order chi connectivity index (χ0) is 12.4. The summed E-state index contributed by atoms with van der Waals surface area (Å²) in [5.41, 5.74) is 2.08. The Kier molecular flexibility index (Phi) is 3.36. The number of aromatic carboxylic acids is 1. The molecule has 2 rings (SSSR count). The number of carboxylic acid groups (broad SMARTS) is 1. The second-order valence-corrected chi connectivity index (χ2v) is 5.05. The van der Waals surface area contributed by atoms with Crippen LogP contribution in [-0.2, 0) is 0 Å².